The van der Waals surface area contributed by atoms with Gasteiger partial charge in [-0.15, -0.1) is 0 Å². The second-order valence-corrected chi connectivity index (χ2v) is 9.08. The van der Waals surface area contributed by atoms with E-state index in [9.17, 15) is 4.79 Å². The molecule has 3 heterocycles. The molecule has 0 saturated carbocycles. The fourth-order valence-corrected chi connectivity index (χ4v) is 4.56. The lowest BCUT2D eigenvalue weighted by atomic mass is 10.0. The van der Waals surface area contributed by atoms with Crippen molar-refractivity contribution in [1.29, 1.82) is 0 Å². The van der Waals surface area contributed by atoms with Gasteiger partial charge in [-0.25, -0.2) is 9.50 Å². The van der Waals surface area contributed by atoms with E-state index in [1.54, 1.807) is 29.0 Å². The molecule has 1 N–H and O–H groups in total. The molecule has 0 unspecified atom stereocenters. The Morgan fingerprint density at radius 1 is 1.03 bits per heavy atom. The van der Waals surface area contributed by atoms with E-state index in [-0.39, 0.29) is 11.9 Å². The molecule has 33 heavy (non-hydrogen) atoms. The Morgan fingerprint density at radius 2 is 1.82 bits per heavy atom. The summed E-state index contributed by atoms with van der Waals surface area (Å²) >= 11 is 12.2. The first-order valence-corrected chi connectivity index (χ1v) is 11.7. The summed E-state index contributed by atoms with van der Waals surface area (Å²) in [5, 5.41) is 8.55. The summed E-state index contributed by atoms with van der Waals surface area (Å²) in [5.74, 6) is -0.148. The summed E-state index contributed by atoms with van der Waals surface area (Å²) in [6, 6.07) is 17.8. The van der Waals surface area contributed by atoms with Crippen molar-refractivity contribution in [3.05, 3.63) is 88.2 Å². The second kappa shape index (κ2) is 9.51. The van der Waals surface area contributed by atoms with Crippen LogP contribution in [0.15, 0.2) is 67.0 Å². The molecule has 4 aromatic rings. The number of rotatable bonds is 5. The number of nitrogens with zero attached hydrogens (tertiary/aromatic N) is 4. The Kier molecular flexibility index (Phi) is 6.31. The minimum atomic E-state index is -0.148. The van der Waals surface area contributed by atoms with Gasteiger partial charge in [0.15, 0.2) is 5.65 Å². The minimum Gasteiger partial charge on any atom is -0.349 e. The molecule has 5 rings (SSSR count). The molecule has 0 spiro atoms. The van der Waals surface area contributed by atoms with Crippen LogP contribution in [0.3, 0.4) is 0 Å². The third-order valence-corrected chi connectivity index (χ3v) is 6.77. The molecule has 2 aromatic heterocycles. The maximum absolute atomic E-state index is 13.1. The highest BCUT2D eigenvalue weighted by Crippen LogP contribution is 2.29. The number of hydrogen-bond donors (Lipinski definition) is 1. The minimum absolute atomic E-state index is 0.137. The van der Waals surface area contributed by atoms with Gasteiger partial charge in [-0.05, 0) is 36.6 Å². The van der Waals surface area contributed by atoms with Crippen LogP contribution >= 0.6 is 23.2 Å². The van der Waals surface area contributed by atoms with E-state index >= 15 is 0 Å². The largest absolute Gasteiger partial charge is 0.349 e. The van der Waals surface area contributed by atoms with Gasteiger partial charge in [-0.1, -0.05) is 59.6 Å². The lowest BCUT2D eigenvalue weighted by Crippen LogP contribution is -2.44. The first kappa shape index (κ1) is 21.9. The number of benzene rings is 2. The highest BCUT2D eigenvalue weighted by Gasteiger charge is 2.23. The predicted octanol–water partition coefficient (Wildman–Crippen LogP) is 5.10. The van der Waals surface area contributed by atoms with Gasteiger partial charge in [-0.3, -0.25) is 9.69 Å². The number of carbonyl (C=O) groups excluding carboxylic acids is 1. The second-order valence-electron chi connectivity index (χ2n) is 8.26. The number of likely N-dealkylation sites (tertiary alicyclic amines) is 1. The third-order valence-electron chi connectivity index (χ3n) is 6.03. The standard InChI is InChI=1S/C25H23Cl2N5O/c26-21-7-6-18(14-22(21)27)23-8-11-28-24-20(15-29-32(23)24)25(33)30-19-9-12-31(13-10-19)16-17-4-2-1-3-5-17/h1-8,11,14-15,19H,9-10,12-13,16H2,(H,30,33). The molecule has 1 saturated heterocycles. The van der Waals surface area contributed by atoms with E-state index in [1.807, 2.05) is 18.2 Å². The Hall–Kier alpha value is -2.93. The first-order valence-electron chi connectivity index (χ1n) is 10.9. The summed E-state index contributed by atoms with van der Waals surface area (Å²) < 4.78 is 1.66. The van der Waals surface area contributed by atoms with Crippen molar-refractivity contribution in [2.75, 3.05) is 13.1 Å². The number of piperidine rings is 1. The Labute approximate surface area is 202 Å². The first-order chi connectivity index (χ1) is 16.1. The van der Waals surface area contributed by atoms with Gasteiger partial charge in [0.1, 0.15) is 5.56 Å². The Morgan fingerprint density at radius 3 is 2.58 bits per heavy atom. The van der Waals surface area contributed by atoms with E-state index in [0.29, 0.717) is 21.3 Å². The number of amides is 1. The molecule has 0 atom stereocenters. The summed E-state index contributed by atoms with van der Waals surface area (Å²) in [6.07, 6.45) is 5.08. The molecule has 0 aliphatic carbocycles. The normalized spacial score (nSPS) is 15.1. The maximum Gasteiger partial charge on any atom is 0.256 e. The third kappa shape index (κ3) is 4.74. The van der Waals surface area contributed by atoms with Crippen molar-refractivity contribution in [1.82, 2.24) is 24.8 Å². The zero-order chi connectivity index (χ0) is 22.8. The van der Waals surface area contributed by atoms with Crippen LogP contribution < -0.4 is 5.32 Å². The van der Waals surface area contributed by atoms with E-state index in [1.165, 1.54) is 5.56 Å². The molecular weight excluding hydrogens is 457 g/mol. The molecule has 1 aliphatic heterocycles. The number of halogens is 2. The molecule has 6 nitrogen and oxygen atoms in total. The lowest BCUT2D eigenvalue weighted by molar-refractivity contribution is 0.0910. The molecule has 1 amide bonds. The zero-order valence-electron chi connectivity index (χ0n) is 17.9. The van der Waals surface area contributed by atoms with Crippen molar-refractivity contribution in [3.63, 3.8) is 0 Å². The van der Waals surface area contributed by atoms with Crippen LogP contribution in [0.1, 0.15) is 28.8 Å². The van der Waals surface area contributed by atoms with Crippen LogP contribution in [0, 0.1) is 0 Å². The fourth-order valence-electron chi connectivity index (χ4n) is 4.27. The van der Waals surface area contributed by atoms with Gasteiger partial charge < -0.3 is 5.32 Å². The maximum atomic E-state index is 13.1. The van der Waals surface area contributed by atoms with Crippen LogP contribution in [0.5, 0.6) is 0 Å². The summed E-state index contributed by atoms with van der Waals surface area (Å²) in [5.41, 5.74) is 3.92. The number of aromatic nitrogens is 3. The quantitative estimate of drug-likeness (QED) is 0.432. The van der Waals surface area contributed by atoms with Crippen molar-refractivity contribution < 1.29 is 4.79 Å². The summed E-state index contributed by atoms with van der Waals surface area (Å²) in [6.45, 7) is 2.85. The molecule has 0 radical (unpaired) electrons. The fraction of sp³-hybridized carbons (Fsp3) is 0.240. The Balaban J connectivity index is 1.27. The number of nitrogens with one attached hydrogen (secondary N) is 1. The SMILES string of the molecule is O=C(NC1CCN(Cc2ccccc2)CC1)c1cnn2c(-c3ccc(Cl)c(Cl)c3)ccnc12. The molecule has 168 valence electrons. The van der Waals surface area contributed by atoms with Crippen LogP contribution in [0.25, 0.3) is 16.9 Å². The highest BCUT2D eigenvalue weighted by molar-refractivity contribution is 6.42. The summed E-state index contributed by atoms with van der Waals surface area (Å²) in [4.78, 5) is 19.9. The molecule has 1 fully saturated rings. The van der Waals surface area contributed by atoms with E-state index < -0.39 is 0 Å². The molecular formula is C25H23Cl2N5O. The van der Waals surface area contributed by atoms with Gasteiger partial charge in [-0.2, -0.15) is 5.10 Å². The van der Waals surface area contributed by atoms with E-state index in [4.69, 9.17) is 23.2 Å². The predicted molar refractivity (Wildman–Crippen MR) is 131 cm³/mol. The number of hydrogen-bond acceptors (Lipinski definition) is 4. The van der Waals surface area contributed by atoms with Gasteiger partial charge in [0, 0.05) is 37.4 Å². The van der Waals surface area contributed by atoms with Crippen LogP contribution in [-0.2, 0) is 6.54 Å². The molecule has 0 bridgehead atoms. The zero-order valence-corrected chi connectivity index (χ0v) is 19.4. The monoisotopic (exact) mass is 479 g/mol. The van der Waals surface area contributed by atoms with Crippen molar-refractivity contribution >= 4 is 34.8 Å². The van der Waals surface area contributed by atoms with Crippen LogP contribution in [0.4, 0.5) is 0 Å². The average molecular weight is 480 g/mol. The summed E-state index contributed by atoms with van der Waals surface area (Å²) in [7, 11) is 0. The smallest absolute Gasteiger partial charge is 0.256 e. The molecule has 8 heteroatoms. The Bertz CT molecular complexity index is 1280. The van der Waals surface area contributed by atoms with Crippen molar-refractivity contribution in [3.8, 4) is 11.3 Å². The van der Waals surface area contributed by atoms with Gasteiger partial charge in [0.2, 0.25) is 0 Å². The highest BCUT2D eigenvalue weighted by atomic mass is 35.5. The van der Waals surface area contributed by atoms with Gasteiger partial charge in [0.05, 0.1) is 21.9 Å². The molecule has 2 aromatic carbocycles. The topological polar surface area (TPSA) is 62.5 Å². The van der Waals surface area contributed by atoms with Crippen LogP contribution in [0.2, 0.25) is 10.0 Å². The van der Waals surface area contributed by atoms with Crippen LogP contribution in [-0.4, -0.2) is 44.5 Å². The van der Waals surface area contributed by atoms with Crippen molar-refractivity contribution in [2.24, 2.45) is 0 Å². The molecule has 1 aliphatic rings. The van der Waals surface area contributed by atoms with E-state index in [0.717, 1.165) is 43.7 Å². The average Bonchev–Trinajstić information content (AvgIpc) is 3.27. The van der Waals surface area contributed by atoms with Gasteiger partial charge >= 0.3 is 0 Å². The van der Waals surface area contributed by atoms with E-state index in [2.05, 4.69) is 44.6 Å². The van der Waals surface area contributed by atoms with Gasteiger partial charge in [0.25, 0.3) is 5.91 Å². The van der Waals surface area contributed by atoms with Crippen molar-refractivity contribution in [2.45, 2.75) is 25.4 Å². The number of carbonyl (C=O) groups is 1. The number of fused-ring (bicyclic) bond motifs is 1. The lowest BCUT2D eigenvalue weighted by Gasteiger charge is -2.32.